The Morgan fingerprint density at radius 1 is 1.08 bits per heavy atom. The van der Waals surface area contributed by atoms with Gasteiger partial charge >= 0.3 is 10.2 Å². The zero-order valence-electron chi connectivity index (χ0n) is 14.8. The number of carbonyl (C=O) groups excluding carboxylic acids is 1. The fourth-order valence-corrected chi connectivity index (χ4v) is 3.23. The minimum Gasteiger partial charge on any atom is -0.465 e. The molecular formula is C17H23N3O4S. The number of hydrogen-bond acceptors (Lipinski definition) is 4. The van der Waals surface area contributed by atoms with E-state index in [1.165, 1.54) is 14.1 Å². The van der Waals surface area contributed by atoms with Gasteiger partial charge in [-0.1, -0.05) is 17.7 Å². The molecule has 0 bridgehead atoms. The van der Waals surface area contributed by atoms with E-state index >= 15 is 0 Å². The molecule has 8 heteroatoms. The summed E-state index contributed by atoms with van der Waals surface area (Å²) in [6.45, 7) is 3.61. The van der Waals surface area contributed by atoms with Crippen LogP contribution in [-0.2, 0) is 21.5 Å². The minimum atomic E-state index is -3.80. The number of anilines is 1. The van der Waals surface area contributed by atoms with Crippen molar-refractivity contribution in [1.29, 1.82) is 0 Å². The average molecular weight is 365 g/mol. The van der Waals surface area contributed by atoms with Gasteiger partial charge in [0.1, 0.15) is 18.1 Å². The molecule has 2 aromatic rings. The number of rotatable bonds is 7. The first-order chi connectivity index (χ1) is 11.7. The Hall–Kier alpha value is -2.32. The van der Waals surface area contributed by atoms with Crippen LogP contribution in [0.3, 0.4) is 0 Å². The van der Waals surface area contributed by atoms with Crippen LogP contribution in [0.4, 0.5) is 5.69 Å². The Labute approximate surface area is 148 Å². The molecule has 0 saturated carbocycles. The van der Waals surface area contributed by atoms with Crippen molar-refractivity contribution in [2.45, 2.75) is 20.4 Å². The van der Waals surface area contributed by atoms with Crippen LogP contribution < -0.4 is 9.62 Å². The van der Waals surface area contributed by atoms with E-state index in [-0.39, 0.29) is 13.1 Å². The Kier molecular flexibility index (Phi) is 5.86. The topological polar surface area (TPSA) is 82.9 Å². The molecule has 1 aromatic carbocycles. The summed E-state index contributed by atoms with van der Waals surface area (Å²) < 4.78 is 32.7. The number of furan rings is 1. The van der Waals surface area contributed by atoms with Crippen LogP contribution in [0, 0.1) is 13.8 Å². The summed E-state index contributed by atoms with van der Waals surface area (Å²) in [6.07, 6.45) is 0. The van der Waals surface area contributed by atoms with Crippen LogP contribution >= 0.6 is 0 Å². The van der Waals surface area contributed by atoms with Gasteiger partial charge in [0, 0.05) is 14.1 Å². The molecule has 1 heterocycles. The molecule has 25 heavy (non-hydrogen) atoms. The largest absolute Gasteiger partial charge is 0.465 e. The maximum atomic E-state index is 12.6. The molecule has 1 amide bonds. The third kappa shape index (κ3) is 4.83. The first-order valence-corrected chi connectivity index (χ1v) is 9.18. The van der Waals surface area contributed by atoms with Gasteiger partial charge in [-0.2, -0.15) is 12.7 Å². The molecule has 7 nitrogen and oxygen atoms in total. The van der Waals surface area contributed by atoms with Crippen molar-refractivity contribution in [3.8, 4) is 0 Å². The molecule has 1 N–H and O–H groups in total. The molecule has 0 radical (unpaired) electrons. The predicted molar refractivity (Wildman–Crippen MR) is 96.4 cm³/mol. The standard InChI is InChI=1S/C17H23N3O4S/c1-13-5-8-15(9-6-13)20(25(22,23)19(3)4)12-17(21)18-11-16-10-7-14(2)24-16/h5-10H,11-12H2,1-4H3,(H,18,21). The van der Waals surface area contributed by atoms with Gasteiger partial charge in [0.05, 0.1) is 12.2 Å². The number of aryl methyl sites for hydroxylation is 2. The summed E-state index contributed by atoms with van der Waals surface area (Å²) in [5, 5.41) is 2.68. The average Bonchev–Trinajstić information content (AvgIpc) is 2.97. The van der Waals surface area contributed by atoms with E-state index in [9.17, 15) is 13.2 Å². The number of carbonyl (C=O) groups is 1. The second kappa shape index (κ2) is 7.71. The second-order valence-electron chi connectivity index (χ2n) is 5.92. The van der Waals surface area contributed by atoms with E-state index < -0.39 is 16.1 Å². The van der Waals surface area contributed by atoms with Gasteiger partial charge < -0.3 is 9.73 Å². The summed E-state index contributed by atoms with van der Waals surface area (Å²) in [5.41, 5.74) is 1.44. The van der Waals surface area contributed by atoms with Crippen LogP contribution in [0.2, 0.25) is 0 Å². The highest BCUT2D eigenvalue weighted by Gasteiger charge is 2.27. The first-order valence-electron chi connectivity index (χ1n) is 7.79. The summed E-state index contributed by atoms with van der Waals surface area (Å²) in [5.74, 6) is 0.948. The number of hydrogen-bond donors (Lipinski definition) is 1. The van der Waals surface area contributed by atoms with Crippen molar-refractivity contribution in [2.75, 3.05) is 24.9 Å². The van der Waals surface area contributed by atoms with Crippen LogP contribution in [-0.4, -0.2) is 39.3 Å². The molecule has 0 aliphatic rings. The zero-order chi connectivity index (χ0) is 18.6. The predicted octanol–water partition coefficient (Wildman–Crippen LogP) is 1.83. The van der Waals surface area contributed by atoms with Gasteiger partial charge in [-0.05, 0) is 38.1 Å². The lowest BCUT2D eigenvalue weighted by Crippen LogP contribution is -2.45. The van der Waals surface area contributed by atoms with E-state index in [0.717, 1.165) is 19.9 Å². The van der Waals surface area contributed by atoms with Crippen molar-refractivity contribution < 1.29 is 17.6 Å². The summed E-state index contributed by atoms with van der Waals surface area (Å²) in [7, 11) is -0.935. The lowest BCUT2D eigenvalue weighted by Gasteiger charge is -2.27. The Balaban J connectivity index is 2.15. The number of benzene rings is 1. The van der Waals surface area contributed by atoms with Crippen LogP contribution in [0.5, 0.6) is 0 Å². The molecule has 0 fully saturated rings. The molecule has 0 saturated heterocycles. The van der Waals surface area contributed by atoms with Gasteiger partial charge in [0.2, 0.25) is 5.91 Å². The molecule has 0 aliphatic carbocycles. The fraction of sp³-hybridized carbons (Fsp3) is 0.353. The quantitative estimate of drug-likeness (QED) is 0.811. The highest BCUT2D eigenvalue weighted by Crippen LogP contribution is 2.19. The van der Waals surface area contributed by atoms with Gasteiger partial charge in [0.25, 0.3) is 0 Å². The summed E-state index contributed by atoms with van der Waals surface area (Å²) in [6, 6.07) is 10.5. The molecule has 136 valence electrons. The Bertz CT molecular complexity index is 826. The van der Waals surface area contributed by atoms with Gasteiger partial charge in [-0.3, -0.25) is 4.79 Å². The van der Waals surface area contributed by atoms with Crippen LogP contribution in [0.15, 0.2) is 40.8 Å². The molecule has 0 atom stereocenters. The maximum absolute atomic E-state index is 12.6. The van der Waals surface area contributed by atoms with E-state index in [1.54, 1.807) is 36.4 Å². The number of amides is 1. The normalized spacial score (nSPS) is 11.6. The Morgan fingerprint density at radius 2 is 1.72 bits per heavy atom. The number of nitrogens with one attached hydrogen (secondary N) is 1. The minimum absolute atomic E-state index is 0.205. The highest BCUT2D eigenvalue weighted by atomic mass is 32.2. The van der Waals surface area contributed by atoms with Crippen LogP contribution in [0.1, 0.15) is 17.1 Å². The van der Waals surface area contributed by atoms with E-state index in [2.05, 4.69) is 5.32 Å². The van der Waals surface area contributed by atoms with E-state index in [0.29, 0.717) is 11.4 Å². The van der Waals surface area contributed by atoms with Gasteiger partial charge in [-0.25, -0.2) is 4.31 Å². The van der Waals surface area contributed by atoms with Crippen molar-refractivity contribution in [2.24, 2.45) is 0 Å². The van der Waals surface area contributed by atoms with Crippen molar-refractivity contribution in [1.82, 2.24) is 9.62 Å². The van der Waals surface area contributed by atoms with Crippen molar-refractivity contribution >= 4 is 21.8 Å². The van der Waals surface area contributed by atoms with Gasteiger partial charge in [-0.15, -0.1) is 0 Å². The first kappa shape index (κ1) is 19.0. The lowest BCUT2D eigenvalue weighted by molar-refractivity contribution is -0.119. The second-order valence-corrected chi connectivity index (χ2v) is 7.99. The zero-order valence-corrected chi connectivity index (χ0v) is 15.6. The van der Waals surface area contributed by atoms with E-state index in [1.807, 2.05) is 13.8 Å². The molecule has 1 aromatic heterocycles. The Morgan fingerprint density at radius 3 is 2.24 bits per heavy atom. The van der Waals surface area contributed by atoms with Crippen molar-refractivity contribution in [3.05, 3.63) is 53.5 Å². The molecule has 0 unspecified atom stereocenters. The lowest BCUT2D eigenvalue weighted by atomic mass is 10.2. The fourth-order valence-electron chi connectivity index (χ4n) is 2.17. The van der Waals surface area contributed by atoms with Gasteiger partial charge in [0.15, 0.2) is 0 Å². The molecule has 0 aliphatic heterocycles. The maximum Gasteiger partial charge on any atom is 0.304 e. The summed E-state index contributed by atoms with van der Waals surface area (Å²) in [4.78, 5) is 12.3. The monoisotopic (exact) mass is 365 g/mol. The third-order valence-corrected chi connectivity index (χ3v) is 5.42. The third-order valence-electron chi connectivity index (χ3n) is 3.60. The molecular weight excluding hydrogens is 342 g/mol. The van der Waals surface area contributed by atoms with E-state index in [4.69, 9.17) is 4.42 Å². The smallest absolute Gasteiger partial charge is 0.304 e. The molecule has 2 rings (SSSR count). The number of nitrogens with zero attached hydrogens (tertiary/aromatic N) is 2. The molecule has 0 spiro atoms. The highest BCUT2D eigenvalue weighted by molar-refractivity contribution is 7.90. The summed E-state index contributed by atoms with van der Waals surface area (Å²) >= 11 is 0. The van der Waals surface area contributed by atoms with Crippen LogP contribution in [0.25, 0.3) is 0 Å². The van der Waals surface area contributed by atoms with Crippen molar-refractivity contribution in [3.63, 3.8) is 0 Å². The SMILES string of the molecule is Cc1ccc(N(CC(=O)NCc2ccc(C)o2)S(=O)(=O)N(C)C)cc1.